The van der Waals surface area contributed by atoms with Crippen LogP contribution in [-0.4, -0.2) is 28.7 Å². The number of anilines is 1. The number of amides is 4. The van der Waals surface area contributed by atoms with E-state index in [9.17, 15) is 19.5 Å². The van der Waals surface area contributed by atoms with E-state index in [1.165, 1.54) is 4.90 Å². The fourth-order valence-corrected chi connectivity index (χ4v) is 8.74. The van der Waals surface area contributed by atoms with Gasteiger partial charge in [0.2, 0.25) is 23.6 Å². The van der Waals surface area contributed by atoms with Gasteiger partial charge >= 0.3 is 0 Å². The molecule has 6 unspecified atom stereocenters. The molecule has 4 amide bonds. The summed E-state index contributed by atoms with van der Waals surface area (Å²) in [6, 6.07) is 27.1. The lowest BCUT2D eigenvalue weighted by molar-refractivity contribution is -0.128. The quantitative estimate of drug-likeness (QED) is 0.233. The van der Waals surface area contributed by atoms with Crippen molar-refractivity contribution >= 4 is 51.7 Å². The molecule has 218 valence electrons. The van der Waals surface area contributed by atoms with Crippen LogP contribution in [0.25, 0.3) is 10.8 Å². The van der Waals surface area contributed by atoms with Gasteiger partial charge in [-0.15, -0.1) is 0 Å². The summed E-state index contributed by atoms with van der Waals surface area (Å²) < 4.78 is 0. The maximum Gasteiger partial charge on any atom is 0.246 e. The number of imide groups is 2. The van der Waals surface area contributed by atoms with Gasteiger partial charge in [-0.05, 0) is 59.4 Å². The second-order valence-electron chi connectivity index (χ2n) is 12.2. The van der Waals surface area contributed by atoms with Gasteiger partial charge in [-0.3, -0.25) is 24.5 Å². The number of nitrogens with zero attached hydrogens (tertiary/aromatic N) is 1. The molecule has 2 heterocycles. The van der Waals surface area contributed by atoms with Crippen LogP contribution in [0.5, 0.6) is 5.75 Å². The van der Waals surface area contributed by atoms with Crippen molar-refractivity contribution in [2.75, 3.05) is 4.90 Å². The highest BCUT2D eigenvalue weighted by Crippen LogP contribution is 2.65. The van der Waals surface area contributed by atoms with Gasteiger partial charge in [0.15, 0.2) is 0 Å². The minimum atomic E-state index is -1.45. The Morgan fingerprint density at radius 2 is 1.61 bits per heavy atom. The number of rotatable bonds is 3. The zero-order chi connectivity index (χ0) is 30.3. The zero-order valence-corrected chi connectivity index (χ0v) is 24.2. The van der Waals surface area contributed by atoms with Crippen molar-refractivity contribution in [1.82, 2.24) is 5.32 Å². The van der Waals surface area contributed by atoms with E-state index < -0.39 is 46.8 Å². The van der Waals surface area contributed by atoms with Gasteiger partial charge in [0.1, 0.15) is 5.75 Å². The molecule has 0 aromatic heterocycles. The molecule has 2 aliphatic heterocycles. The predicted octanol–water partition coefficient (Wildman–Crippen LogP) is 5.65. The molecular weight excluding hydrogens is 576 g/mol. The van der Waals surface area contributed by atoms with Gasteiger partial charge in [-0.1, -0.05) is 90.0 Å². The number of phenolic OH excluding ortho intramolecular Hbond substituents is 1. The Morgan fingerprint density at radius 1 is 0.841 bits per heavy atom. The molecule has 4 aliphatic rings. The van der Waals surface area contributed by atoms with Crippen LogP contribution in [0.3, 0.4) is 0 Å². The summed E-state index contributed by atoms with van der Waals surface area (Å²) in [7, 11) is 0. The number of hydrogen-bond donors (Lipinski definition) is 2. The number of hydrogen-bond acceptors (Lipinski definition) is 5. The van der Waals surface area contributed by atoms with Crippen LogP contribution in [0.2, 0.25) is 5.02 Å². The van der Waals surface area contributed by atoms with Crippen LogP contribution in [0, 0.1) is 23.7 Å². The van der Waals surface area contributed by atoms with Gasteiger partial charge in [0.05, 0.1) is 28.9 Å². The molecule has 6 atom stereocenters. The van der Waals surface area contributed by atoms with E-state index in [0.717, 1.165) is 16.3 Å². The number of halogens is 1. The summed E-state index contributed by atoms with van der Waals surface area (Å²) in [4.78, 5) is 57.3. The molecule has 0 radical (unpaired) electrons. The highest BCUT2D eigenvalue weighted by molar-refractivity contribution is 6.32. The van der Waals surface area contributed by atoms with E-state index in [0.29, 0.717) is 28.3 Å². The number of nitrogens with one attached hydrogen (secondary N) is 1. The molecule has 8 rings (SSSR count). The number of fused-ring (bicyclic) bond motifs is 5. The first-order valence-corrected chi connectivity index (χ1v) is 15.1. The van der Waals surface area contributed by atoms with Crippen LogP contribution < -0.4 is 10.2 Å². The maximum atomic E-state index is 15.3. The number of carbonyl (C=O) groups excluding carboxylic acids is 4. The van der Waals surface area contributed by atoms with E-state index in [2.05, 4.69) is 5.32 Å². The molecule has 0 bridgehead atoms. The van der Waals surface area contributed by atoms with E-state index in [1.54, 1.807) is 30.3 Å². The Labute approximate surface area is 258 Å². The minimum Gasteiger partial charge on any atom is -0.508 e. The van der Waals surface area contributed by atoms with Gasteiger partial charge in [-0.2, -0.15) is 0 Å². The Bertz CT molecular complexity index is 1950. The SMILES string of the molecule is O=C1NC(=O)C2C1CC=C1C2CC2C(=O)N(c3cccc(Cl)c3)C(=O)C2(c2ccccc2)C1c1c(O)ccc2ccccc12. The van der Waals surface area contributed by atoms with Crippen molar-refractivity contribution in [2.45, 2.75) is 24.2 Å². The Kier molecular flexibility index (Phi) is 5.87. The molecule has 2 N–H and O–H groups in total. The average Bonchev–Trinajstić information content (AvgIpc) is 3.45. The van der Waals surface area contributed by atoms with Gasteiger partial charge in [0.25, 0.3) is 0 Å². The standard InChI is InChI=1S/C36H27ClN2O5/c37-21-10-6-11-22(17-21)39-34(43)27-18-26-24(14-15-25-29(26)33(42)38-32(25)41)31(36(27,35(39)44)20-8-2-1-3-9-20)30-23-12-5-4-7-19(23)13-16-28(30)40/h1-14,16-17,25-27,29,31,40H,15,18H2,(H,38,41,42). The molecule has 4 aromatic rings. The highest BCUT2D eigenvalue weighted by Gasteiger charge is 2.70. The second kappa shape index (κ2) is 9.63. The molecule has 2 aliphatic carbocycles. The summed E-state index contributed by atoms with van der Waals surface area (Å²) >= 11 is 6.36. The van der Waals surface area contributed by atoms with E-state index in [1.807, 2.05) is 66.7 Å². The van der Waals surface area contributed by atoms with Crippen molar-refractivity contribution in [1.29, 1.82) is 0 Å². The minimum absolute atomic E-state index is 0.000154. The second-order valence-corrected chi connectivity index (χ2v) is 12.6. The van der Waals surface area contributed by atoms with Gasteiger partial charge < -0.3 is 5.11 Å². The summed E-state index contributed by atoms with van der Waals surface area (Å²) in [6.07, 6.45) is 2.51. The van der Waals surface area contributed by atoms with Crippen LogP contribution in [0.15, 0.2) is 103 Å². The fourth-order valence-electron chi connectivity index (χ4n) is 8.56. The number of carbonyl (C=O) groups is 4. The van der Waals surface area contributed by atoms with Crippen molar-refractivity contribution in [3.8, 4) is 5.75 Å². The predicted molar refractivity (Wildman–Crippen MR) is 165 cm³/mol. The molecule has 0 spiro atoms. The third-order valence-electron chi connectivity index (χ3n) is 10.2. The largest absolute Gasteiger partial charge is 0.508 e. The molecule has 3 fully saturated rings. The van der Waals surface area contributed by atoms with E-state index in [-0.39, 0.29) is 24.0 Å². The average molecular weight is 603 g/mol. The van der Waals surface area contributed by atoms with Crippen molar-refractivity contribution in [3.05, 3.63) is 119 Å². The summed E-state index contributed by atoms with van der Waals surface area (Å²) in [5, 5.41) is 16.2. The number of benzene rings is 4. The third kappa shape index (κ3) is 3.50. The van der Waals surface area contributed by atoms with Crippen molar-refractivity contribution < 1.29 is 24.3 Å². The van der Waals surface area contributed by atoms with Crippen LogP contribution in [-0.2, 0) is 24.6 Å². The lowest BCUT2D eigenvalue weighted by atomic mass is 9.48. The fraction of sp³-hybridized carbons (Fsp3) is 0.222. The third-order valence-corrected chi connectivity index (χ3v) is 10.5. The number of phenols is 1. The molecule has 8 heteroatoms. The maximum absolute atomic E-state index is 15.3. The van der Waals surface area contributed by atoms with Crippen LogP contribution in [0.4, 0.5) is 5.69 Å². The molecule has 2 saturated heterocycles. The highest BCUT2D eigenvalue weighted by atomic mass is 35.5. The molecule has 44 heavy (non-hydrogen) atoms. The van der Waals surface area contributed by atoms with Crippen molar-refractivity contribution in [3.63, 3.8) is 0 Å². The van der Waals surface area contributed by atoms with Gasteiger partial charge in [0, 0.05) is 16.5 Å². The summed E-state index contributed by atoms with van der Waals surface area (Å²) in [5.74, 6) is -4.85. The summed E-state index contributed by atoms with van der Waals surface area (Å²) in [6.45, 7) is 0. The normalized spacial score (nSPS) is 29.2. The monoisotopic (exact) mass is 602 g/mol. The van der Waals surface area contributed by atoms with E-state index in [4.69, 9.17) is 11.6 Å². The lowest BCUT2D eigenvalue weighted by Crippen LogP contribution is -2.53. The van der Waals surface area contributed by atoms with E-state index >= 15 is 4.79 Å². The first-order valence-electron chi connectivity index (χ1n) is 14.8. The molecule has 7 nitrogen and oxygen atoms in total. The zero-order valence-electron chi connectivity index (χ0n) is 23.4. The Balaban J connectivity index is 1.47. The summed E-state index contributed by atoms with van der Waals surface area (Å²) in [5.41, 5.74) is 0.902. The smallest absolute Gasteiger partial charge is 0.246 e. The molecular formula is C36H27ClN2O5. The number of allylic oxidation sites excluding steroid dienone is 2. The lowest BCUT2D eigenvalue weighted by Gasteiger charge is -2.51. The topological polar surface area (TPSA) is 104 Å². The van der Waals surface area contributed by atoms with Crippen LogP contribution in [0.1, 0.15) is 29.9 Å². The first kappa shape index (κ1) is 26.8. The van der Waals surface area contributed by atoms with Crippen LogP contribution >= 0.6 is 11.6 Å². The Morgan fingerprint density at radius 3 is 2.41 bits per heavy atom. The first-order chi connectivity index (χ1) is 21.3. The van der Waals surface area contributed by atoms with Crippen molar-refractivity contribution in [2.24, 2.45) is 23.7 Å². The van der Waals surface area contributed by atoms with Gasteiger partial charge in [-0.25, -0.2) is 4.90 Å². The number of aromatic hydroxyl groups is 1. The molecule has 4 aromatic carbocycles. The Hall–Kier alpha value is -4.75. The molecule has 1 saturated carbocycles.